The molecule has 1 fully saturated rings. The Labute approximate surface area is 109 Å². The zero-order chi connectivity index (χ0) is 13.7. The normalized spacial score (nSPS) is 19.7. The molecule has 0 aliphatic carbocycles. The third-order valence-corrected chi connectivity index (χ3v) is 2.85. The predicted octanol–water partition coefficient (Wildman–Crippen LogP) is 2.33. The van der Waals surface area contributed by atoms with Gasteiger partial charge in [0.15, 0.2) is 6.17 Å². The third-order valence-electron chi connectivity index (χ3n) is 2.85. The minimum atomic E-state index is -4.37. The zero-order valence-corrected chi connectivity index (χ0v) is 10.3. The number of rotatable bonds is 3. The van der Waals surface area contributed by atoms with Gasteiger partial charge >= 0.3 is 6.18 Å². The highest BCUT2D eigenvalue weighted by Crippen LogP contribution is 2.26. The number of halogens is 3. The summed E-state index contributed by atoms with van der Waals surface area (Å²) >= 11 is 0. The lowest BCUT2D eigenvalue weighted by Crippen LogP contribution is -2.49. The number of alkyl halides is 3. The Kier molecular flexibility index (Phi) is 4.55. The Morgan fingerprint density at radius 1 is 1.16 bits per heavy atom. The summed E-state index contributed by atoms with van der Waals surface area (Å²) in [6.45, 7) is 1.12. The number of hydrogen-bond donors (Lipinski definition) is 0. The van der Waals surface area contributed by atoms with Crippen LogP contribution in [0.2, 0.25) is 0 Å². The van der Waals surface area contributed by atoms with Crippen LogP contribution in [-0.2, 0) is 4.74 Å². The van der Waals surface area contributed by atoms with Gasteiger partial charge in [-0.2, -0.15) is 13.2 Å². The van der Waals surface area contributed by atoms with Crippen LogP contribution in [0.25, 0.3) is 0 Å². The number of hydrogen-bond acceptors (Lipinski definition) is 3. The molecule has 0 radical (unpaired) electrons. The summed E-state index contributed by atoms with van der Waals surface area (Å²) in [5, 5.41) is 0. The molecule has 1 aromatic rings. The molecule has 2 rings (SSSR count). The van der Waals surface area contributed by atoms with Crippen LogP contribution in [0.1, 0.15) is 5.56 Å². The van der Waals surface area contributed by atoms with Crippen molar-refractivity contribution in [3.05, 3.63) is 35.9 Å². The van der Waals surface area contributed by atoms with Gasteiger partial charge in [-0.25, -0.2) is 0 Å². The van der Waals surface area contributed by atoms with Crippen LogP contribution in [-0.4, -0.2) is 49.8 Å². The van der Waals surface area contributed by atoms with Crippen molar-refractivity contribution in [1.29, 1.82) is 0 Å². The number of aliphatic imine (C=N–C) groups is 1. The molecule has 1 aliphatic rings. The summed E-state index contributed by atoms with van der Waals surface area (Å²) in [7, 11) is 0. The van der Waals surface area contributed by atoms with Gasteiger partial charge in [-0.3, -0.25) is 9.89 Å². The minimum Gasteiger partial charge on any atom is -0.379 e. The summed E-state index contributed by atoms with van der Waals surface area (Å²) < 4.78 is 44.1. The van der Waals surface area contributed by atoms with Crippen molar-refractivity contribution in [3.8, 4) is 0 Å². The second-order valence-electron chi connectivity index (χ2n) is 4.25. The molecule has 0 spiro atoms. The fourth-order valence-corrected chi connectivity index (χ4v) is 1.90. The van der Waals surface area contributed by atoms with Crippen molar-refractivity contribution in [3.63, 3.8) is 0 Å². The Hall–Kier alpha value is -1.40. The Bertz CT molecular complexity index is 414. The van der Waals surface area contributed by atoms with E-state index in [1.807, 2.05) is 0 Å². The second kappa shape index (κ2) is 6.16. The smallest absolute Gasteiger partial charge is 0.379 e. The first-order valence-electron chi connectivity index (χ1n) is 6.04. The molecule has 0 saturated carbocycles. The molecule has 19 heavy (non-hydrogen) atoms. The van der Waals surface area contributed by atoms with E-state index in [2.05, 4.69) is 4.99 Å². The number of nitrogens with zero attached hydrogens (tertiary/aromatic N) is 2. The van der Waals surface area contributed by atoms with Gasteiger partial charge < -0.3 is 4.74 Å². The van der Waals surface area contributed by atoms with Crippen LogP contribution in [0, 0.1) is 0 Å². The van der Waals surface area contributed by atoms with Crippen molar-refractivity contribution >= 4 is 6.21 Å². The first-order valence-corrected chi connectivity index (χ1v) is 6.04. The molecule has 0 unspecified atom stereocenters. The van der Waals surface area contributed by atoms with Crippen LogP contribution in [0.3, 0.4) is 0 Å². The predicted molar refractivity (Wildman–Crippen MR) is 66.3 cm³/mol. The number of morpholine rings is 1. The lowest BCUT2D eigenvalue weighted by atomic mass is 10.2. The number of ether oxygens (including phenoxy) is 1. The highest BCUT2D eigenvalue weighted by Gasteiger charge is 2.43. The second-order valence-corrected chi connectivity index (χ2v) is 4.25. The van der Waals surface area contributed by atoms with E-state index in [0.29, 0.717) is 18.8 Å². The Morgan fingerprint density at radius 3 is 2.37 bits per heavy atom. The molecule has 1 aromatic carbocycles. The molecule has 0 amide bonds. The van der Waals surface area contributed by atoms with E-state index >= 15 is 0 Å². The van der Waals surface area contributed by atoms with E-state index in [4.69, 9.17) is 4.74 Å². The molecular weight excluding hydrogens is 257 g/mol. The van der Waals surface area contributed by atoms with E-state index < -0.39 is 12.3 Å². The maximum absolute atomic E-state index is 13.0. The lowest BCUT2D eigenvalue weighted by Gasteiger charge is -2.32. The molecule has 1 aliphatic heterocycles. The van der Waals surface area contributed by atoms with Crippen molar-refractivity contribution in [2.75, 3.05) is 26.3 Å². The molecule has 3 nitrogen and oxygen atoms in total. The molecular formula is C13H15F3N2O. The first kappa shape index (κ1) is 14.0. The van der Waals surface area contributed by atoms with Gasteiger partial charge in [0.2, 0.25) is 0 Å². The van der Waals surface area contributed by atoms with Crippen LogP contribution >= 0.6 is 0 Å². The Balaban J connectivity index is 2.12. The Morgan fingerprint density at radius 2 is 1.79 bits per heavy atom. The molecule has 104 valence electrons. The molecule has 1 saturated heterocycles. The highest BCUT2D eigenvalue weighted by atomic mass is 19.4. The topological polar surface area (TPSA) is 24.8 Å². The largest absolute Gasteiger partial charge is 0.424 e. The van der Waals surface area contributed by atoms with Crippen LogP contribution in [0.5, 0.6) is 0 Å². The van der Waals surface area contributed by atoms with E-state index in [-0.39, 0.29) is 13.1 Å². The van der Waals surface area contributed by atoms with Crippen LogP contribution in [0.4, 0.5) is 13.2 Å². The SMILES string of the molecule is FC(F)(F)[C@H](N=Cc1ccccc1)N1CCOCC1. The fraction of sp³-hybridized carbons (Fsp3) is 0.462. The molecule has 0 N–H and O–H groups in total. The van der Waals surface area contributed by atoms with Gasteiger partial charge in [0.1, 0.15) is 0 Å². The van der Waals surface area contributed by atoms with Gasteiger partial charge in [0.05, 0.1) is 13.2 Å². The van der Waals surface area contributed by atoms with Gasteiger partial charge in [0.25, 0.3) is 0 Å². The highest BCUT2D eigenvalue weighted by molar-refractivity contribution is 5.79. The van der Waals surface area contributed by atoms with Gasteiger partial charge in [-0.05, 0) is 5.56 Å². The molecule has 0 aromatic heterocycles. The summed E-state index contributed by atoms with van der Waals surface area (Å²) in [5.41, 5.74) is 0.657. The van der Waals surface area contributed by atoms with E-state index in [1.165, 1.54) is 11.1 Å². The summed E-state index contributed by atoms with van der Waals surface area (Å²) in [6, 6.07) is 8.77. The van der Waals surface area contributed by atoms with Gasteiger partial charge in [-0.1, -0.05) is 30.3 Å². The van der Waals surface area contributed by atoms with E-state index in [9.17, 15) is 13.2 Å². The minimum absolute atomic E-state index is 0.246. The fourth-order valence-electron chi connectivity index (χ4n) is 1.90. The zero-order valence-electron chi connectivity index (χ0n) is 10.3. The maximum atomic E-state index is 13.0. The summed E-state index contributed by atoms with van der Waals surface area (Å²) in [4.78, 5) is 5.00. The van der Waals surface area contributed by atoms with Crippen molar-refractivity contribution in [2.45, 2.75) is 12.3 Å². The van der Waals surface area contributed by atoms with Gasteiger partial charge in [0, 0.05) is 19.3 Å². The summed E-state index contributed by atoms with van der Waals surface area (Å²) in [6.07, 6.45) is -4.90. The molecule has 1 heterocycles. The number of benzene rings is 1. The van der Waals surface area contributed by atoms with Gasteiger partial charge in [-0.15, -0.1) is 0 Å². The monoisotopic (exact) mass is 272 g/mol. The molecule has 0 bridgehead atoms. The van der Waals surface area contributed by atoms with Crippen LogP contribution < -0.4 is 0 Å². The quantitative estimate of drug-likeness (QED) is 0.789. The summed E-state index contributed by atoms with van der Waals surface area (Å²) in [5.74, 6) is 0. The lowest BCUT2D eigenvalue weighted by molar-refractivity contribution is -0.189. The first-order chi connectivity index (χ1) is 9.07. The standard InChI is InChI=1S/C13H15F3N2O/c14-13(15,16)12(18-6-8-19-9-7-18)17-10-11-4-2-1-3-5-11/h1-5,10,12H,6-9H2/t12-/m1/s1. The van der Waals surface area contributed by atoms with E-state index in [1.54, 1.807) is 30.3 Å². The average molecular weight is 272 g/mol. The van der Waals surface area contributed by atoms with Crippen LogP contribution in [0.15, 0.2) is 35.3 Å². The molecule has 1 atom stereocenters. The van der Waals surface area contributed by atoms with Crippen molar-refractivity contribution in [1.82, 2.24) is 4.90 Å². The average Bonchev–Trinajstić information content (AvgIpc) is 2.40. The molecule has 6 heteroatoms. The van der Waals surface area contributed by atoms with E-state index in [0.717, 1.165) is 0 Å². The van der Waals surface area contributed by atoms with Crippen molar-refractivity contribution < 1.29 is 17.9 Å². The van der Waals surface area contributed by atoms with Crippen molar-refractivity contribution in [2.24, 2.45) is 4.99 Å². The third kappa shape index (κ3) is 4.04. The maximum Gasteiger partial charge on any atom is 0.424 e.